The Balaban J connectivity index is 1.51. The molecule has 7 heteroatoms. The number of carbonyl (C=O) groups excluding carboxylic acids is 2. The van der Waals surface area contributed by atoms with E-state index in [0.717, 1.165) is 11.1 Å². The van der Waals surface area contributed by atoms with Crippen LogP contribution in [0.2, 0.25) is 0 Å². The smallest absolute Gasteiger partial charge is 0.325 e. The highest BCUT2D eigenvalue weighted by Crippen LogP contribution is 2.03. The predicted octanol–water partition coefficient (Wildman–Crippen LogP) is 1.88. The van der Waals surface area contributed by atoms with Gasteiger partial charge in [0, 0.05) is 18.3 Å². The zero-order valence-electron chi connectivity index (χ0n) is 15.3. The third-order valence-electron chi connectivity index (χ3n) is 3.88. The third-order valence-corrected chi connectivity index (χ3v) is 3.88. The van der Waals surface area contributed by atoms with Gasteiger partial charge in [-0.1, -0.05) is 36.4 Å². The number of fused-ring (bicyclic) bond motifs is 1. The summed E-state index contributed by atoms with van der Waals surface area (Å²) in [5.74, 6) is -1.02. The van der Waals surface area contributed by atoms with Crippen molar-refractivity contribution in [2.75, 3.05) is 6.54 Å². The van der Waals surface area contributed by atoms with Gasteiger partial charge in [-0.25, -0.2) is 4.98 Å². The highest BCUT2D eigenvalue weighted by Gasteiger charge is 2.08. The summed E-state index contributed by atoms with van der Waals surface area (Å²) in [6, 6.07) is 14.2. The van der Waals surface area contributed by atoms with Crippen molar-refractivity contribution >= 4 is 23.6 Å². The molecular weight excluding hydrogens is 358 g/mol. The van der Waals surface area contributed by atoms with E-state index in [2.05, 4.69) is 10.3 Å². The molecule has 0 bridgehead atoms. The summed E-state index contributed by atoms with van der Waals surface area (Å²) in [6.45, 7) is 1.46. The van der Waals surface area contributed by atoms with Gasteiger partial charge in [-0.3, -0.25) is 18.8 Å². The van der Waals surface area contributed by atoms with E-state index in [0.29, 0.717) is 11.3 Å². The van der Waals surface area contributed by atoms with Crippen LogP contribution in [-0.4, -0.2) is 27.8 Å². The molecule has 1 N–H and O–H groups in total. The second-order valence-electron chi connectivity index (χ2n) is 6.14. The summed E-state index contributed by atoms with van der Waals surface area (Å²) in [5.41, 5.74) is 2.39. The van der Waals surface area contributed by atoms with Crippen LogP contribution in [0.1, 0.15) is 16.8 Å². The Morgan fingerprint density at radius 1 is 1.18 bits per heavy atom. The second-order valence-corrected chi connectivity index (χ2v) is 6.14. The van der Waals surface area contributed by atoms with Crippen LogP contribution in [0.5, 0.6) is 0 Å². The van der Waals surface area contributed by atoms with Crippen LogP contribution in [0.3, 0.4) is 0 Å². The van der Waals surface area contributed by atoms with Crippen LogP contribution in [0.25, 0.3) is 11.7 Å². The number of nitrogens with one attached hydrogen (secondary N) is 1. The molecule has 7 nitrogen and oxygen atoms in total. The molecule has 0 aliphatic rings. The zero-order chi connectivity index (χ0) is 19.9. The van der Waals surface area contributed by atoms with E-state index < -0.39 is 11.9 Å². The van der Waals surface area contributed by atoms with Gasteiger partial charge in [-0.15, -0.1) is 0 Å². The number of carbonyl (C=O) groups is 2. The lowest BCUT2D eigenvalue weighted by molar-refractivity contribution is -0.144. The van der Waals surface area contributed by atoms with E-state index in [1.807, 2.05) is 43.3 Å². The molecule has 0 aliphatic carbocycles. The number of aryl methyl sites for hydroxylation is 1. The minimum Gasteiger partial charge on any atom is -0.458 e. The fraction of sp³-hybridized carbons (Fsp3) is 0.143. The predicted molar refractivity (Wildman–Crippen MR) is 104 cm³/mol. The molecular formula is C21H19N3O4. The van der Waals surface area contributed by atoms with Gasteiger partial charge in [0.05, 0.1) is 5.69 Å². The quantitative estimate of drug-likeness (QED) is 0.523. The first-order valence-corrected chi connectivity index (χ1v) is 8.67. The van der Waals surface area contributed by atoms with Gasteiger partial charge >= 0.3 is 5.97 Å². The fourth-order valence-corrected chi connectivity index (χ4v) is 2.49. The third kappa shape index (κ3) is 5.14. The van der Waals surface area contributed by atoms with Gasteiger partial charge in [0.15, 0.2) is 0 Å². The number of ether oxygens (including phenoxy) is 1. The largest absolute Gasteiger partial charge is 0.458 e. The van der Waals surface area contributed by atoms with Gasteiger partial charge in [0.2, 0.25) is 5.91 Å². The Bertz CT molecular complexity index is 1090. The van der Waals surface area contributed by atoms with E-state index >= 15 is 0 Å². The number of hydrogen-bond acceptors (Lipinski definition) is 5. The monoisotopic (exact) mass is 377 g/mol. The molecule has 142 valence electrons. The van der Waals surface area contributed by atoms with Gasteiger partial charge in [-0.05, 0) is 30.2 Å². The van der Waals surface area contributed by atoms with E-state index in [1.165, 1.54) is 16.5 Å². The normalized spacial score (nSPS) is 10.9. The average Bonchev–Trinajstić information content (AvgIpc) is 2.70. The molecule has 0 saturated carbocycles. The Morgan fingerprint density at radius 3 is 2.75 bits per heavy atom. The maximum Gasteiger partial charge on any atom is 0.325 e. The number of nitrogens with zero attached hydrogens (tertiary/aromatic N) is 2. The van der Waals surface area contributed by atoms with E-state index in [9.17, 15) is 14.4 Å². The van der Waals surface area contributed by atoms with Crippen LogP contribution in [0.15, 0.2) is 65.6 Å². The SMILES string of the molecule is Cc1ccc2nc(COC(=O)CNC(=O)/C=C/c3ccccc3)cc(=O)n2c1. The maximum atomic E-state index is 12.1. The number of benzene rings is 1. The number of pyridine rings is 1. The fourth-order valence-electron chi connectivity index (χ4n) is 2.49. The van der Waals surface area contributed by atoms with Crippen LogP contribution in [0, 0.1) is 6.92 Å². The minimum absolute atomic E-state index is 0.145. The second kappa shape index (κ2) is 8.77. The van der Waals surface area contributed by atoms with Crippen molar-refractivity contribution in [2.24, 2.45) is 0 Å². The van der Waals surface area contributed by atoms with Gasteiger partial charge < -0.3 is 10.1 Å². The molecule has 0 unspecified atom stereocenters. The summed E-state index contributed by atoms with van der Waals surface area (Å²) in [5, 5.41) is 2.45. The number of aromatic nitrogens is 2. The average molecular weight is 377 g/mol. The van der Waals surface area contributed by atoms with Crippen LogP contribution in [-0.2, 0) is 20.9 Å². The van der Waals surface area contributed by atoms with E-state index in [-0.39, 0.29) is 18.7 Å². The molecule has 0 saturated heterocycles. The maximum absolute atomic E-state index is 12.1. The molecule has 1 amide bonds. The molecule has 28 heavy (non-hydrogen) atoms. The molecule has 0 radical (unpaired) electrons. The first-order valence-electron chi connectivity index (χ1n) is 8.67. The van der Waals surface area contributed by atoms with Crippen molar-refractivity contribution < 1.29 is 14.3 Å². The van der Waals surface area contributed by atoms with E-state index in [4.69, 9.17) is 4.74 Å². The molecule has 0 atom stereocenters. The van der Waals surface area contributed by atoms with Crippen molar-refractivity contribution in [1.82, 2.24) is 14.7 Å². The van der Waals surface area contributed by atoms with Crippen molar-refractivity contribution in [3.63, 3.8) is 0 Å². The number of rotatable bonds is 6. The molecule has 1 aromatic carbocycles. The highest BCUT2D eigenvalue weighted by atomic mass is 16.5. The Hall–Kier alpha value is -3.74. The van der Waals surface area contributed by atoms with Crippen molar-refractivity contribution in [2.45, 2.75) is 13.5 Å². The molecule has 2 heterocycles. The van der Waals surface area contributed by atoms with Gasteiger partial charge in [0.25, 0.3) is 5.56 Å². The van der Waals surface area contributed by atoms with Crippen molar-refractivity contribution in [3.05, 3.63) is 88.0 Å². The first-order chi connectivity index (χ1) is 13.5. The van der Waals surface area contributed by atoms with Crippen LogP contribution < -0.4 is 10.9 Å². The summed E-state index contributed by atoms with van der Waals surface area (Å²) < 4.78 is 6.51. The Labute approximate surface area is 161 Å². The Morgan fingerprint density at radius 2 is 1.96 bits per heavy atom. The molecule has 0 aliphatic heterocycles. The molecule has 0 spiro atoms. The highest BCUT2D eigenvalue weighted by molar-refractivity contribution is 5.93. The first kappa shape index (κ1) is 19.0. The summed E-state index contributed by atoms with van der Waals surface area (Å²) in [6.07, 6.45) is 4.68. The topological polar surface area (TPSA) is 89.8 Å². The summed E-state index contributed by atoms with van der Waals surface area (Å²) >= 11 is 0. The van der Waals surface area contributed by atoms with Crippen LogP contribution >= 0.6 is 0 Å². The van der Waals surface area contributed by atoms with Crippen molar-refractivity contribution in [1.29, 1.82) is 0 Å². The van der Waals surface area contributed by atoms with Crippen LogP contribution in [0.4, 0.5) is 0 Å². The molecule has 2 aromatic heterocycles. The lowest BCUT2D eigenvalue weighted by Gasteiger charge is -2.07. The lowest BCUT2D eigenvalue weighted by atomic mass is 10.2. The lowest BCUT2D eigenvalue weighted by Crippen LogP contribution is -2.29. The minimum atomic E-state index is -0.618. The number of hydrogen-bond donors (Lipinski definition) is 1. The summed E-state index contributed by atoms with van der Waals surface area (Å²) in [7, 11) is 0. The van der Waals surface area contributed by atoms with Gasteiger partial charge in [-0.2, -0.15) is 0 Å². The van der Waals surface area contributed by atoms with Crippen molar-refractivity contribution in [3.8, 4) is 0 Å². The molecule has 3 rings (SSSR count). The summed E-state index contributed by atoms with van der Waals surface area (Å²) in [4.78, 5) is 40.0. The van der Waals surface area contributed by atoms with Gasteiger partial charge in [0.1, 0.15) is 18.8 Å². The molecule has 3 aromatic rings. The van der Waals surface area contributed by atoms with E-state index in [1.54, 1.807) is 18.3 Å². The standard InChI is InChI=1S/C21H19N3O4/c1-15-7-9-18-23-17(11-20(26)24(18)13-15)14-28-21(27)12-22-19(25)10-8-16-5-3-2-4-6-16/h2-11,13H,12,14H2,1H3,(H,22,25)/b10-8+. The number of esters is 1. The molecule has 0 fully saturated rings. The zero-order valence-corrected chi connectivity index (χ0v) is 15.3. The number of amides is 1. The Kier molecular flexibility index (Phi) is 5.96.